The molecule has 0 spiro atoms. The van der Waals surface area contributed by atoms with E-state index < -0.39 is 0 Å². The molecule has 2 nitrogen and oxygen atoms in total. The summed E-state index contributed by atoms with van der Waals surface area (Å²) in [5.41, 5.74) is 4.93. The van der Waals surface area contributed by atoms with E-state index in [4.69, 9.17) is 4.99 Å². The van der Waals surface area contributed by atoms with Crippen LogP contribution in [0.15, 0.2) is 28.3 Å². The molecule has 0 aliphatic heterocycles. The highest BCUT2D eigenvalue weighted by Crippen LogP contribution is 2.41. The Balaban J connectivity index is 2.80. The van der Waals surface area contributed by atoms with Gasteiger partial charge in [-0.3, -0.25) is 4.99 Å². The number of aliphatic imine (C=N–C) groups is 1. The first-order valence-corrected chi connectivity index (χ1v) is 10.6. The van der Waals surface area contributed by atoms with Gasteiger partial charge in [0, 0.05) is 13.6 Å². The fraction of sp³-hybridized carbons (Fsp3) is 0.792. The lowest BCUT2D eigenvalue weighted by molar-refractivity contribution is 0.220. The molecule has 1 aliphatic rings. The summed E-state index contributed by atoms with van der Waals surface area (Å²) < 4.78 is 0. The zero-order valence-corrected chi connectivity index (χ0v) is 19.1. The van der Waals surface area contributed by atoms with Crippen LogP contribution in [-0.2, 0) is 0 Å². The summed E-state index contributed by atoms with van der Waals surface area (Å²) in [6.45, 7) is 18.4. The van der Waals surface area contributed by atoms with E-state index >= 15 is 0 Å². The molecule has 0 aromatic carbocycles. The van der Waals surface area contributed by atoms with Gasteiger partial charge in [0.2, 0.25) is 0 Å². The van der Waals surface area contributed by atoms with E-state index in [2.05, 4.69) is 72.6 Å². The van der Waals surface area contributed by atoms with E-state index in [1.165, 1.54) is 42.5 Å². The Bertz CT molecular complexity index is 529. The fourth-order valence-corrected chi connectivity index (χ4v) is 4.11. The molecule has 0 N–H and O–H groups in total. The third-order valence-electron chi connectivity index (χ3n) is 5.97. The highest BCUT2D eigenvalue weighted by molar-refractivity contribution is 6.12. The third kappa shape index (κ3) is 7.02. The van der Waals surface area contributed by atoms with Crippen molar-refractivity contribution in [3.8, 4) is 0 Å². The summed E-state index contributed by atoms with van der Waals surface area (Å²) in [5, 5.41) is 0. The maximum atomic E-state index is 4.73. The van der Waals surface area contributed by atoms with Crippen LogP contribution in [0.3, 0.4) is 0 Å². The molecule has 0 aromatic heterocycles. The smallest absolute Gasteiger partial charge is 0.0641 e. The Kier molecular flexibility index (Phi) is 8.79. The monoisotopic (exact) mass is 360 g/mol. The van der Waals surface area contributed by atoms with Crippen LogP contribution < -0.4 is 0 Å². The molecule has 0 saturated carbocycles. The Labute approximate surface area is 163 Å². The topological polar surface area (TPSA) is 15.6 Å². The van der Waals surface area contributed by atoms with Crippen molar-refractivity contribution in [1.82, 2.24) is 4.90 Å². The largest absolute Gasteiger partial charge is 0.302 e. The third-order valence-corrected chi connectivity index (χ3v) is 5.97. The molecule has 0 bridgehead atoms. The first kappa shape index (κ1) is 23.1. The first-order valence-electron chi connectivity index (χ1n) is 10.6. The van der Waals surface area contributed by atoms with Crippen LogP contribution in [0.5, 0.6) is 0 Å². The van der Waals surface area contributed by atoms with Crippen LogP contribution in [0.2, 0.25) is 0 Å². The summed E-state index contributed by atoms with van der Waals surface area (Å²) in [6.07, 6.45) is 10.9. The molecule has 1 aliphatic carbocycles. The van der Waals surface area contributed by atoms with Gasteiger partial charge in [-0.05, 0) is 80.5 Å². The van der Waals surface area contributed by atoms with Crippen molar-refractivity contribution in [2.45, 2.75) is 80.6 Å². The van der Waals surface area contributed by atoms with E-state index in [1.807, 2.05) is 7.05 Å². The molecule has 26 heavy (non-hydrogen) atoms. The van der Waals surface area contributed by atoms with Crippen molar-refractivity contribution in [3.05, 3.63) is 23.3 Å². The van der Waals surface area contributed by atoms with Gasteiger partial charge in [0.05, 0.1) is 5.71 Å². The molecule has 150 valence electrons. The fourth-order valence-electron chi connectivity index (χ4n) is 4.11. The van der Waals surface area contributed by atoms with Crippen molar-refractivity contribution in [2.24, 2.45) is 21.7 Å². The predicted octanol–water partition coefficient (Wildman–Crippen LogP) is 6.53. The van der Waals surface area contributed by atoms with E-state index in [-0.39, 0.29) is 0 Å². The number of hydrogen-bond acceptors (Lipinski definition) is 2. The molecule has 1 unspecified atom stereocenters. The van der Waals surface area contributed by atoms with Crippen LogP contribution in [0.25, 0.3) is 0 Å². The highest BCUT2D eigenvalue weighted by Gasteiger charge is 2.32. The van der Waals surface area contributed by atoms with Gasteiger partial charge in [0.1, 0.15) is 0 Å². The maximum Gasteiger partial charge on any atom is 0.0641 e. The Morgan fingerprint density at radius 1 is 1.35 bits per heavy atom. The van der Waals surface area contributed by atoms with E-state index in [1.54, 1.807) is 0 Å². The number of hydrogen-bond donors (Lipinski definition) is 0. The summed E-state index contributed by atoms with van der Waals surface area (Å²) in [5.74, 6) is 0.658. The summed E-state index contributed by atoms with van der Waals surface area (Å²) in [6, 6.07) is 0. The SMILES string of the molecule is C/C=C(/CN(C)CCCC(C)(C)C)C(=NC)C1=CC(CC)C(C)(C)CC1. The lowest BCUT2D eigenvalue weighted by atomic mass is 9.68. The van der Waals surface area contributed by atoms with Crippen molar-refractivity contribution >= 4 is 5.71 Å². The Morgan fingerprint density at radius 2 is 2.00 bits per heavy atom. The predicted molar refractivity (Wildman–Crippen MR) is 118 cm³/mol. The van der Waals surface area contributed by atoms with Gasteiger partial charge in [0.15, 0.2) is 0 Å². The molecule has 0 aromatic rings. The number of likely N-dealkylation sites (N-methyl/N-ethyl adjacent to an activating group) is 1. The average Bonchev–Trinajstić information content (AvgIpc) is 2.54. The molecule has 0 heterocycles. The normalized spacial score (nSPS) is 21.9. The quantitative estimate of drug-likeness (QED) is 0.449. The minimum absolute atomic E-state index is 0.414. The molecular weight excluding hydrogens is 316 g/mol. The van der Waals surface area contributed by atoms with Crippen molar-refractivity contribution < 1.29 is 0 Å². The van der Waals surface area contributed by atoms with Crippen LogP contribution in [0, 0.1) is 16.7 Å². The molecule has 0 radical (unpaired) electrons. The van der Waals surface area contributed by atoms with E-state index in [0.29, 0.717) is 16.7 Å². The van der Waals surface area contributed by atoms with Gasteiger partial charge in [-0.2, -0.15) is 0 Å². The molecule has 0 saturated heterocycles. The van der Waals surface area contributed by atoms with Gasteiger partial charge in [-0.1, -0.05) is 53.7 Å². The second-order valence-corrected chi connectivity index (χ2v) is 9.98. The van der Waals surface area contributed by atoms with Crippen LogP contribution in [-0.4, -0.2) is 37.8 Å². The second-order valence-electron chi connectivity index (χ2n) is 9.98. The zero-order valence-electron chi connectivity index (χ0n) is 19.1. The lowest BCUT2D eigenvalue weighted by Crippen LogP contribution is -2.30. The number of rotatable bonds is 8. The number of nitrogens with zero attached hydrogens (tertiary/aromatic N) is 2. The second kappa shape index (κ2) is 9.88. The zero-order chi connectivity index (χ0) is 20.0. The van der Waals surface area contributed by atoms with Crippen molar-refractivity contribution in [3.63, 3.8) is 0 Å². The molecule has 2 heteroatoms. The molecule has 1 atom stereocenters. The van der Waals surface area contributed by atoms with Gasteiger partial charge < -0.3 is 4.90 Å². The van der Waals surface area contributed by atoms with E-state index in [0.717, 1.165) is 19.5 Å². The standard InChI is InChI=1S/C24H44N2/c1-10-19(18-26(9)16-12-14-23(3,4)5)22(25-8)20-13-15-24(6,7)21(11-2)17-20/h10,17,21H,11-16,18H2,1-9H3/b19-10-,25-22?. The lowest BCUT2D eigenvalue weighted by Gasteiger charge is -2.37. The Morgan fingerprint density at radius 3 is 2.50 bits per heavy atom. The van der Waals surface area contributed by atoms with Gasteiger partial charge in [0.25, 0.3) is 0 Å². The van der Waals surface area contributed by atoms with Crippen LogP contribution in [0.4, 0.5) is 0 Å². The average molecular weight is 361 g/mol. The van der Waals surface area contributed by atoms with E-state index in [9.17, 15) is 0 Å². The summed E-state index contributed by atoms with van der Waals surface area (Å²) in [4.78, 5) is 7.18. The summed E-state index contributed by atoms with van der Waals surface area (Å²) in [7, 11) is 4.20. The molecular formula is C24H44N2. The molecule has 0 amide bonds. The first-order chi connectivity index (χ1) is 12.0. The van der Waals surface area contributed by atoms with Crippen molar-refractivity contribution in [2.75, 3.05) is 27.2 Å². The van der Waals surface area contributed by atoms with Gasteiger partial charge in [-0.15, -0.1) is 0 Å². The summed E-state index contributed by atoms with van der Waals surface area (Å²) >= 11 is 0. The minimum Gasteiger partial charge on any atom is -0.302 e. The van der Waals surface area contributed by atoms with Crippen LogP contribution in [0.1, 0.15) is 80.6 Å². The molecule has 1 rings (SSSR count). The highest BCUT2D eigenvalue weighted by atomic mass is 15.1. The Hall–Kier alpha value is -0.890. The van der Waals surface area contributed by atoms with Crippen LogP contribution >= 0.6 is 0 Å². The maximum absolute atomic E-state index is 4.73. The van der Waals surface area contributed by atoms with Crippen molar-refractivity contribution in [1.29, 1.82) is 0 Å². The minimum atomic E-state index is 0.414. The molecule has 0 fully saturated rings. The van der Waals surface area contributed by atoms with Gasteiger partial charge >= 0.3 is 0 Å². The van der Waals surface area contributed by atoms with Gasteiger partial charge in [-0.25, -0.2) is 0 Å². The number of allylic oxidation sites excluding steroid dienone is 3.